The molecule has 0 aromatic carbocycles. The summed E-state index contributed by atoms with van der Waals surface area (Å²) in [6.07, 6.45) is 6.41. The van der Waals surface area contributed by atoms with Crippen LogP contribution in [0.3, 0.4) is 0 Å². The van der Waals surface area contributed by atoms with Crippen molar-refractivity contribution < 1.29 is 5.11 Å². The number of aliphatic hydroxyl groups excluding tert-OH is 1. The molecule has 1 aliphatic carbocycles. The summed E-state index contributed by atoms with van der Waals surface area (Å²) in [5.41, 5.74) is 0.230. The molecule has 1 aliphatic rings. The summed E-state index contributed by atoms with van der Waals surface area (Å²) >= 11 is 0. The van der Waals surface area contributed by atoms with Crippen LogP contribution >= 0.6 is 0 Å². The standard InChI is InChI=1S/C13H24N4O/c1-3-17-12(15-10-16-17)8-13(9-14-2)6-4-11(18)5-7-13/h10-11,14,18H,3-9H2,1-2H3. The van der Waals surface area contributed by atoms with Gasteiger partial charge in [0.1, 0.15) is 12.2 Å². The third kappa shape index (κ3) is 2.90. The van der Waals surface area contributed by atoms with Gasteiger partial charge in [0.25, 0.3) is 0 Å². The molecular weight excluding hydrogens is 228 g/mol. The van der Waals surface area contributed by atoms with E-state index >= 15 is 0 Å². The molecule has 2 rings (SSSR count). The van der Waals surface area contributed by atoms with E-state index in [9.17, 15) is 5.11 Å². The number of rotatable bonds is 5. The van der Waals surface area contributed by atoms with Crippen molar-refractivity contribution in [3.05, 3.63) is 12.2 Å². The fraction of sp³-hybridized carbons (Fsp3) is 0.846. The van der Waals surface area contributed by atoms with Gasteiger partial charge in [-0.3, -0.25) is 4.68 Å². The Kier molecular flexibility index (Phi) is 4.35. The Morgan fingerprint density at radius 2 is 2.22 bits per heavy atom. The molecule has 0 unspecified atom stereocenters. The third-order valence-corrected chi connectivity index (χ3v) is 4.10. The van der Waals surface area contributed by atoms with Crippen LogP contribution in [0, 0.1) is 5.41 Å². The van der Waals surface area contributed by atoms with E-state index in [-0.39, 0.29) is 11.5 Å². The third-order valence-electron chi connectivity index (χ3n) is 4.10. The van der Waals surface area contributed by atoms with Crippen LogP contribution in [0.2, 0.25) is 0 Å². The molecule has 1 aromatic heterocycles. The minimum atomic E-state index is -0.112. The summed E-state index contributed by atoms with van der Waals surface area (Å²) in [5.74, 6) is 1.07. The molecule has 0 spiro atoms. The molecule has 0 bridgehead atoms. The topological polar surface area (TPSA) is 63.0 Å². The number of aliphatic hydroxyl groups is 1. The normalized spacial score (nSPS) is 28.5. The smallest absolute Gasteiger partial charge is 0.138 e. The van der Waals surface area contributed by atoms with Gasteiger partial charge in [-0.2, -0.15) is 5.10 Å². The van der Waals surface area contributed by atoms with Gasteiger partial charge in [-0.05, 0) is 45.1 Å². The zero-order valence-corrected chi connectivity index (χ0v) is 11.4. The van der Waals surface area contributed by atoms with Gasteiger partial charge in [0.15, 0.2) is 0 Å². The Bertz CT molecular complexity index is 369. The second kappa shape index (κ2) is 5.80. The average Bonchev–Trinajstić information content (AvgIpc) is 2.80. The maximum Gasteiger partial charge on any atom is 0.138 e. The number of hydrogen-bond donors (Lipinski definition) is 2. The number of nitrogens with zero attached hydrogens (tertiary/aromatic N) is 3. The zero-order chi connectivity index (χ0) is 13.0. The Morgan fingerprint density at radius 3 is 2.83 bits per heavy atom. The lowest BCUT2D eigenvalue weighted by atomic mass is 9.70. The summed E-state index contributed by atoms with van der Waals surface area (Å²) in [6.45, 7) is 3.94. The van der Waals surface area contributed by atoms with Crippen LogP contribution in [-0.2, 0) is 13.0 Å². The van der Waals surface area contributed by atoms with Crippen LogP contribution < -0.4 is 5.32 Å². The summed E-state index contributed by atoms with van der Waals surface area (Å²) in [5, 5.41) is 17.2. The van der Waals surface area contributed by atoms with Gasteiger partial charge < -0.3 is 10.4 Å². The van der Waals surface area contributed by atoms with E-state index in [1.165, 1.54) is 0 Å². The van der Waals surface area contributed by atoms with Gasteiger partial charge in [-0.15, -0.1) is 0 Å². The quantitative estimate of drug-likeness (QED) is 0.820. The second-order valence-electron chi connectivity index (χ2n) is 5.43. The molecule has 1 saturated carbocycles. The molecule has 1 aromatic rings. The highest BCUT2D eigenvalue weighted by Gasteiger charge is 2.35. The van der Waals surface area contributed by atoms with Gasteiger partial charge >= 0.3 is 0 Å². The molecule has 0 atom stereocenters. The molecule has 5 heteroatoms. The molecule has 1 fully saturated rings. The Hall–Kier alpha value is -0.940. The molecule has 18 heavy (non-hydrogen) atoms. The van der Waals surface area contributed by atoms with Gasteiger partial charge in [0.05, 0.1) is 6.10 Å². The van der Waals surface area contributed by atoms with E-state index in [1.807, 2.05) is 11.7 Å². The monoisotopic (exact) mass is 252 g/mol. The molecule has 0 radical (unpaired) electrons. The fourth-order valence-corrected chi connectivity index (χ4v) is 3.03. The van der Waals surface area contributed by atoms with E-state index in [0.717, 1.165) is 51.0 Å². The van der Waals surface area contributed by atoms with Crippen molar-refractivity contribution in [1.82, 2.24) is 20.1 Å². The SMILES string of the molecule is CCn1ncnc1CC1(CNC)CCC(O)CC1. The molecule has 2 N–H and O–H groups in total. The zero-order valence-electron chi connectivity index (χ0n) is 11.4. The lowest BCUT2D eigenvalue weighted by molar-refractivity contribution is 0.0612. The lowest BCUT2D eigenvalue weighted by Crippen LogP contribution is -2.40. The molecule has 0 aliphatic heterocycles. The van der Waals surface area contributed by atoms with Crippen molar-refractivity contribution in [2.24, 2.45) is 5.41 Å². The highest BCUT2D eigenvalue weighted by atomic mass is 16.3. The predicted octanol–water partition coefficient (Wildman–Crippen LogP) is 0.981. The van der Waals surface area contributed by atoms with Crippen LogP contribution in [0.4, 0.5) is 0 Å². The van der Waals surface area contributed by atoms with Crippen molar-refractivity contribution in [2.75, 3.05) is 13.6 Å². The minimum absolute atomic E-state index is 0.112. The summed E-state index contributed by atoms with van der Waals surface area (Å²) in [6, 6.07) is 0. The van der Waals surface area contributed by atoms with Gasteiger partial charge in [-0.1, -0.05) is 0 Å². The maximum atomic E-state index is 9.68. The van der Waals surface area contributed by atoms with E-state index < -0.39 is 0 Å². The van der Waals surface area contributed by atoms with Crippen molar-refractivity contribution in [2.45, 2.75) is 51.7 Å². The number of hydrogen-bond acceptors (Lipinski definition) is 4. The van der Waals surface area contributed by atoms with E-state index in [0.29, 0.717) is 0 Å². The largest absolute Gasteiger partial charge is 0.393 e. The van der Waals surface area contributed by atoms with Crippen LogP contribution in [0.15, 0.2) is 6.33 Å². The second-order valence-corrected chi connectivity index (χ2v) is 5.43. The van der Waals surface area contributed by atoms with E-state index in [1.54, 1.807) is 6.33 Å². The van der Waals surface area contributed by atoms with E-state index in [4.69, 9.17) is 0 Å². The number of aryl methyl sites for hydroxylation is 1. The lowest BCUT2D eigenvalue weighted by Gasteiger charge is -2.38. The predicted molar refractivity (Wildman–Crippen MR) is 70.2 cm³/mol. The number of aromatic nitrogens is 3. The van der Waals surface area contributed by atoms with Crippen LogP contribution in [-0.4, -0.2) is 39.6 Å². The summed E-state index contributed by atoms with van der Waals surface area (Å²) in [7, 11) is 2.00. The minimum Gasteiger partial charge on any atom is -0.393 e. The Morgan fingerprint density at radius 1 is 1.50 bits per heavy atom. The number of nitrogens with one attached hydrogen (secondary N) is 1. The van der Waals surface area contributed by atoms with Crippen LogP contribution in [0.1, 0.15) is 38.4 Å². The van der Waals surface area contributed by atoms with Crippen LogP contribution in [0.5, 0.6) is 0 Å². The van der Waals surface area contributed by atoms with Gasteiger partial charge in [0, 0.05) is 19.5 Å². The molecule has 102 valence electrons. The summed E-state index contributed by atoms with van der Waals surface area (Å²) in [4.78, 5) is 4.39. The fourth-order valence-electron chi connectivity index (χ4n) is 3.03. The van der Waals surface area contributed by atoms with Crippen molar-refractivity contribution >= 4 is 0 Å². The van der Waals surface area contributed by atoms with Crippen molar-refractivity contribution in [1.29, 1.82) is 0 Å². The van der Waals surface area contributed by atoms with E-state index in [2.05, 4.69) is 22.3 Å². The van der Waals surface area contributed by atoms with Crippen molar-refractivity contribution in [3.8, 4) is 0 Å². The van der Waals surface area contributed by atoms with Gasteiger partial charge in [0.2, 0.25) is 0 Å². The first-order valence-electron chi connectivity index (χ1n) is 6.88. The first kappa shape index (κ1) is 13.5. The van der Waals surface area contributed by atoms with Crippen LogP contribution in [0.25, 0.3) is 0 Å². The molecule has 5 nitrogen and oxygen atoms in total. The van der Waals surface area contributed by atoms with Crippen molar-refractivity contribution in [3.63, 3.8) is 0 Å². The van der Waals surface area contributed by atoms with Gasteiger partial charge in [-0.25, -0.2) is 4.98 Å². The molecule has 1 heterocycles. The first-order chi connectivity index (χ1) is 8.69. The molecule has 0 amide bonds. The highest BCUT2D eigenvalue weighted by molar-refractivity contribution is 4.97. The Labute approximate surface area is 109 Å². The summed E-state index contributed by atoms with van der Waals surface area (Å²) < 4.78 is 1.97. The average molecular weight is 252 g/mol. The Balaban J connectivity index is 2.11. The first-order valence-corrected chi connectivity index (χ1v) is 6.88. The molecule has 0 saturated heterocycles. The highest BCUT2D eigenvalue weighted by Crippen LogP contribution is 2.38. The molecular formula is C13H24N4O. The maximum absolute atomic E-state index is 9.68.